The molecule has 33 heavy (non-hydrogen) atoms. The molecule has 0 radical (unpaired) electrons. The monoisotopic (exact) mass is 434 g/mol. The third kappa shape index (κ3) is 4.83. The molecule has 1 amide bonds. The Morgan fingerprint density at radius 1 is 0.576 bits per heavy atom. The molecule has 0 spiro atoms. The summed E-state index contributed by atoms with van der Waals surface area (Å²) >= 11 is 0. The SMILES string of the molecule is Cc1cc(C)cc(NC(=O)C(Nc2cc(C)cc(C)c2)(c2ccccc2)c2ccccc2)c1. The number of hydrogen-bond donors (Lipinski definition) is 2. The average Bonchev–Trinajstić information content (AvgIpc) is 2.77. The molecule has 4 rings (SSSR count). The lowest BCUT2D eigenvalue weighted by Crippen LogP contribution is -2.48. The number of hydrogen-bond acceptors (Lipinski definition) is 2. The summed E-state index contributed by atoms with van der Waals surface area (Å²) in [5.74, 6) is -0.135. The van der Waals surface area contributed by atoms with E-state index < -0.39 is 5.54 Å². The fourth-order valence-electron chi connectivity index (χ4n) is 4.54. The quantitative estimate of drug-likeness (QED) is 0.346. The molecule has 0 bridgehead atoms. The van der Waals surface area contributed by atoms with E-state index in [-0.39, 0.29) is 5.91 Å². The van der Waals surface area contributed by atoms with Crippen LogP contribution in [0.15, 0.2) is 97.1 Å². The first kappa shape index (κ1) is 22.3. The van der Waals surface area contributed by atoms with E-state index in [2.05, 4.69) is 48.7 Å². The Morgan fingerprint density at radius 3 is 1.39 bits per heavy atom. The lowest BCUT2D eigenvalue weighted by atomic mass is 9.81. The molecule has 0 saturated heterocycles. The third-order valence-electron chi connectivity index (χ3n) is 5.79. The Bertz CT molecular complexity index is 1180. The first-order chi connectivity index (χ1) is 15.9. The Hall–Kier alpha value is -3.85. The van der Waals surface area contributed by atoms with Crippen LogP contribution in [0.3, 0.4) is 0 Å². The number of carbonyl (C=O) groups is 1. The average molecular weight is 435 g/mol. The van der Waals surface area contributed by atoms with Gasteiger partial charge >= 0.3 is 0 Å². The van der Waals surface area contributed by atoms with Gasteiger partial charge in [-0.3, -0.25) is 4.79 Å². The summed E-state index contributed by atoms with van der Waals surface area (Å²) in [7, 11) is 0. The summed E-state index contributed by atoms with van der Waals surface area (Å²) in [5, 5.41) is 6.85. The van der Waals surface area contributed by atoms with Crippen molar-refractivity contribution in [3.8, 4) is 0 Å². The Labute approximate surface area is 196 Å². The number of anilines is 2. The zero-order valence-corrected chi connectivity index (χ0v) is 19.6. The van der Waals surface area contributed by atoms with Gasteiger partial charge in [-0.15, -0.1) is 0 Å². The maximum atomic E-state index is 14.3. The van der Waals surface area contributed by atoms with E-state index in [1.807, 2.05) is 86.6 Å². The second-order valence-corrected chi connectivity index (χ2v) is 8.81. The summed E-state index contributed by atoms with van der Waals surface area (Å²) in [5.41, 5.74) is 6.81. The molecule has 0 atom stereocenters. The van der Waals surface area contributed by atoms with Crippen LogP contribution in [0.2, 0.25) is 0 Å². The van der Waals surface area contributed by atoms with Crippen LogP contribution in [0, 0.1) is 27.7 Å². The number of benzene rings is 4. The zero-order chi connectivity index (χ0) is 23.4. The van der Waals surface area contributed by atoms with Gasteiger partial charge in [0, 0.05) is 11.4 Å². The molecule has 4 aromatic carbocycles. The van der Waals surface area contributed by atoms with Crippen LogP contribution in [-0.2, 0) is 10.3 Å². The fourth-order valence-corrected chi connectivity index (χ4v) is 4.54. The highest BCUT2D eigenvalue weighted by atomic mass is 16.2. The van der Waals surface area contributed by atoms with E-state index in [1.54, 1.807) is 0 Å². The minimum absolute atomic E-state index is 0.135. The maximum absolute atomic E-state index is 14.3. The van der Waals surface area contributed by atoms with Crippen molar-refractivity contribution in [2.45, 2.75) is 33.2 Å². The molecular formula is C30H30N2O. The molecule has 4 aromatic rings. The van der Waals surface area contributed by atoms with Gasteiger partial charge in [-0.1, -0.05) is 72.8 Å². The molecule has 0 aliphatic carbocycles. The van der Waals surface area contributed by atoms with Crippen LogP contribution in [0.4, 0.5) is 11.4 Å². The van der Waals surface area contributed by atoms with Gasteiger partial charge in [-0.2, -0.15) is 0 Å². The molecule has 3 heteroatoms. The highest BCUT2D eigenvalue weighted by molar-refractivity contribution is 6.03. The summed E-state index contributed by atoms with van der Waals surface area (Å²) < 4.78 is 0. The second-order valence-electron chi connectivity index (χ2n) is 8.81. The van der Waals surface area contributed by atoms with Crippen molar-refractivity contribution < 1.29 is 4.79 Å². The lowest BCUT2D eigenvalue weighted by Gasteiger charge is -2.36. The topological polar surface area (TPSA) is 41.1 Å². The second kappa shape index (κ2) is 9.33. The molecule has 0 aromatic heterocycles. The lowest BCUT2D eigenvalue weighted by molar-refractivity contribution is -0.119. The van der Waals surface area contributed by atoms with Crippen LogP contribution in [0.5, 0.6) is 0 Å². The summed E-state index contributed by atoms with van der Waals surface area (Å²) in [6.07, 6.45) is 0. The smallest absolute Gasteiger partial charge is 0.259 e. The molecule has 0 unspecified atom stereocenters. The zero-order valence-electron chi connectivity index (χ0n) is 19.6. The number of carbonyl (C=O) groups excluding carboxylic acids is 1. The number of nitrogens with one attached hydrogen (secondary N) is 2. The van der Waals surface area contributed by atoms with Crippen LogP contribution < -0.4 is 10.6 Å². The minimum Gasteiger partial charge on any atom is -0.364 e. The van der Waals surface area contributed by atoms with Gasteiger partial charge in [0.1, 0.15) is 0 Å². The number of amides is 1. The van der Waals surface area contributed by atoms with Crippen molar-refractivity contribution in [1.29, 1.82) is 0 Å². The van der Waals surface area contributed by atoms with Gasteiger partial charge in [0.15, 0.2) is 5.54 Å². The van der Waals surface area contributed by atoms with Gasteiger partial charge in [-0.25, -0.2) is 0 Å². The largest absolute Gasteiger partial charge is 0.364 e. The molecular weight excluding hydrogens is 404 g/mol. The molecule has 2 N–H and O–H groups in total. The van der Waals surface area contributed by atoms with Gasteiger partial charge in [-0.05, 0) is 85.3 Å². The molecule has 0 fully saturated rings. The van der Waals surface area contributed by atoms with Crippen molar-refractivity contribution >= 4 is 17.3 Å². The molecule has 3 nitrogen and oxygen atoms in total. The predicted molar refractivity (Wildman–Crippen MR) is 138 cm³/mol. The van der Waals surface area contributed by atoms with E-state index in [4.69, 9.17) is 0 Å². The molecule has 166 valence electrons. The molecule has 0 aliphatic rings. The Kier molecular flexibility index (Phi) is 6.32. The first-order valence-corrected chi connectivity index (χ1v) is 11.2. The van der Waals surface area contributed by atoms with Crippen LogP contribution >= 0.6 is 0 Å². The van der Waals surface area contributed by atoms with E-state index in [0.717, 1.165) is 44.8 Å². The third-order valence-corrected chi connectivity index (χ3v) is 5.79. The van der Waals surface area contributed by atoms with Crippen molar-refractivity contribution in [3.05, 3.63) is 130 Å². The van der Waals surface area contributed by atoms with Crippen molar-refractivity contribution in [2.24, 2.45) is 0 Å². The standard InChI is InChI=1S/C30H30N2O/c1-21-15-22(2)18-27(17-21)31-29(33)30(25-11-7-5-8-12-25,26-13-9-6-10-14-26)32-28-19-23(3)16-24(4)20-28/h5-20,32H,1-4H3,(H,31,33). The summed E-state index contributed by atoms with van der Waals surface area (Å²) in [6, 6.07) is 32.2. The predicted octanol–water partition coefficient (Wildman–Crippen LogP) is 6.91. The van der Waals surface area contributed by atoms with E-state index in [9.17, 15) is 4.79 Å². The van der Waals surface area contributed by atoms with Gasteiger partial charge in [0.05, 0.1) is 0 Å². The highest BCUT2D eigenvalue weighted by Gasteiger charge is 2.42. The van der Waals surface area contributed by atoms with E-state index in [0.29, 0.717) is 0 Å². The first-order valence-electron chi connectivity index (χ1n) is 11.2. The van der Waals surface area contributed by atoms with E-state index >= 15 is 0 Å². The Morgan fingerprint density at radius 2 is 0.970 bits per heavy atom. The van der Waals surface area contributed by atoms with Crippen molar-refractivity contribution in [2.75, 3.05) is 10.6 Å². The van der Waals surface area contributed by atoms with Crippen LogP contribution in [0.1, 0.15) is 33.4 Å². The normalized spacial score (nSPS) is 11.2. The highest BCUT2D eigenvalue weighted by Crippen LogP contribution is 2.36. The molecule has 0 saturated carbocycles. The molecule has 0 heterocycles. The van der Waals surface area contributed by atoms with Crippen molar-refractivity contribution in [3.63, 3.8) is 0 Å². The molecule has 0 aliphatic heterocycles. The number of aryl methyl sites for hydroxylation is 4. The van der Waals surface area contributed by atoms with E-state index in [1.165, 1.54) is 0 Å². The summed E-state index contributed by atoms with van der Waals surface area (Å²) in [4.78, 5) is 14.3. The van der Waals surface area contributed by atoms with Crippen LogP contribution in [-0.4, -0.2) is 5.91 Å². The minimum atomic E-state index is -1.12. The summed E-state index contributed by atoms with van der Waals surface area (Å²) in [6.45, 7) is 8.22. The van der Waals surface area contributed by atoms with Gasteiger partial charge in [0.2, 0.25) is 0 Å². The fraction of sp³-hybridized carbons (Fsp3) is 0.167. The van der Waals surface area contributed by atoms with Crippen molar-refractivity contribution in [1.82, 2.24) is 0 Å². The maximum Gasteiger partial charge on any atom is 0.259 e. The van der Waals surface area contributed by atoms with Gasteiger partial charge in [0.25, 0.3) is 5.91 Å². The Balaban J connectivity index is 1.91. The number of rotatable bonds is 6. The van der Waals surface area contributed by atoms with Gasteiger partial charge < -0.3 is 10.6 Å². The van der Waals surface area contributed by atoms with Crippen LogP contribution in [0.25, 0.3) is 0 Å².